The van der Waals surface area contributed by atoms with E-state index in [1.165, 1.54) is 32.4 Å². The number of rotatable bonds is 7. The second-order valence-electron chi connectivity index (χ2n) is 8.31. The minimum absolute atomic E-state index is 0.0389. The second kappa shape index (κ2) is 9.43. The summed E-state index contributed by atoms with van der Waals surface area (Å²) in [5.41, 5.74) is 2.57. The van der Waals surface area contributed by atoms with Crippen molar-refractivity contribution in [3.8, 4) is 0 Å². The molecule has 3 heterocycles. The minimum atomic E-state index is -0.0389. The maximum Gasteiger partial charge on any atom is 0.251 e. The molecule has 7 heteroatoms. The Morgan fingerprint density at radius 2 is 1.87 bits per heavy atom. The molecule has 0 unspecified atom stereocenters. The fraction of sp³-hybridized carbons (Fsp3) is 0.522. The number of hydrogen-bond donors (Lipinski definition) is 1. The van der Waals surface area contributed by atoms with Gasteiger partial charge in [-0.05, 0) is 63.5 Å². The summed E-state index contributed by atoms with van der Waals surface area (Å²) in [5, 5.41) is 7.47. The summed E-state index contributed by atoms with van der Waals surface area (Å²) in [5.74, 6) is 0.917. The zero-order valence-electron chi connectivity index (χ0n) is 17.8. The van der Waals surface area contributed by atoms with Crippen LogP contribution in [0.3, 0.4) is 0 Å². The Morgan fingerprint density at radius 3 is 2.63 bits per heavy atom. The van der Waals surface area contributed by atoms with Crippen LogP contribution >= 0.6 is 0 Å². The van der Waals surface area contributed by atoms with Gasteiger partial charge in [0.05, 0.1) is 18.8 Å². The lowest BCUT2D eigenvalue weighted by atomic mass is 10.1. The third-order valence-corrected chi connectivity index (χ3v) is 5.94. The highest BCUT2D eigenvalue weighted by molar-refractivity contribution is 5.95. The highest BCUT2D eigenvalue weighted by Gasteiger charge is 2.25. The number of fused-ring (bicyclic) bond motifs is 1. The predicted molar refractivity (Wildman–Crippen MR) is 116 cm³/mol. The molecule has 0 saturated carbocycles. The highest BCUT2D eigenvalue weighted by atomic mass is 16.2. The summed E-state index contributed by atoms with van der Waals surface area (Å²) in [7, 11) is 0. The van der Waals surface area contributed by atoms with Crippen LogP contribution in [-0.2, 0) is 17.9 Å². The van der Waals surface area contributed by atoms with Gasteiger partial charge in [-0.3, -0.25) is 14.5 Å². The Bertz CT molecular complexity index is 883. The molecule has 7 nitrogen and oxygen atoms in total. The Balaban J connectivity index is 1.28. The van der Waals surface area contributed by atoms with Crippen molar-refractivity contribution in [1.82, 2.24) is 20.0 Å². The summed E-state index contributed by atoms with van der Waals surface area (Å²) in [6, 6.07) is 9.48. The van der Waals surface area contributed by atoms with Gasteiger partial charge in [0.25, 0.3) is 5.91 Å². The maximum absolute atomic E-state index is 12.4. The van der Waals surface area contributed by atoms with Crippen molar-refractivity contribution < 1.29 is 9.59 Å². The molecule has 1 N–H and O–H groups in total. The van der Waals surface area contributed by atoms with E-state index in [0.29, 0.717) is 31.6 Å². The summed E-state index contributed by atoms with van der Waals surface area (Å²) in [4.78, 5) is 29.1. The molecule has 0 aliphatic carbocycles. The number of amides is 2. The van der Waals surface area contributed by atoms with Gasteiger partial charge in [0.2, 0.25) is 5.91 Å². The molecule has 0 bridgehead atoms. The van der Waals surface area contributed by atoms with Gasteiger partial charge < -0.3 is 10.2 Å². The molecule has 0 spiro atoms. The molecule has 2 amide bonds. The van der Waals surface area contributed by atoms with Crippen LogP contribution in [-0.4, -0.2) is 52.7 Å². The average Bonchev–Trinajstić information content (AvgIpc) is 3.15. The van der Waals surface area contributed by atoms with Gasteiger partial charge in [-0.25, -0.2) is 4.68 Å². The summed E-state index contributed by atoms with van der Waals surface area (Å²) in [6.07, 6.45) is 5.38. The summed E-state index contributed by atoms with van der Waals surface area (Å²) >= 11 is 0. The second-order valence-corrected chi connectivity index (χ2v) is 8.31. The molecule has 160 valence electrons. The normalized spacial score (nSPS) is 17.1. The van der Waals surface area contributed by atoms with Crippen molar-refractivity contribution in [2.75, 3.05) is 31.1 Å². The van der Waals surface area contributed by atoms with Crippen LogP contribution in [0.2, 0.25) is 0 Å². The van der Waals surface area contributed by atoms with E-state index >= 15 is 0 Å². The Hall–Kier alpha value is -2.67. The lowest BCUT2D eigenvalue weighted by molar-refractivity contribution is -0.119. The number of anilines is 1. The van der Waals surface area contributed by atoms with Crippen molar-refractivity contribution in [2.45, 2.75) is 52.1 Å². The molecule has 2 aliphatic rings. The number of nitrogens with zero attached hydrogens (tertiary/aromatic N) is 4. The van der Waals surface area contributed by atoms with Gasteiger partial charge in [-0.1, -0.05) is 18.6 Å². The molecular weight excluding hydrogens is 378 g/mol. The van der Waals surface area contributed by atoms with Crippen LogP contribution in [0.15, 0.2) is 30.3 Å². The number of nitrogens with one attached hydrogen (secondary N) is 1. The van der Waals surface area contributed by atoms with Crippen molar-refractivity contribution in [3.63, 3.8) is 0 Å². The van der Waals surface area contributed by atoms with Crippen LogP contribution in [0.1, 0.15) is 53.7 Å². The minimum Gasteiger partial charge on any atom is -0.352 e. The quantitative estimate of drug-likeness (QED) is 0.714. The monoisotopic (exact) mass is 409 g/mol. The lowest BCUT2D eigenvalue weighted by Gasteiger charge is -2.27. The number of aromatic nitrogens is 2. The number of carbonyl (C=O) groups is 2. The molecule has 1 fully saturated rings. The molecule has 4 rings (SSSR count). The first-order valence-electron chi connectivity index (χ1n) is 11.0. The van der Waals surface area contributed by atoms with E-state index in [9.17, 15) is 9.59 Å². The number of aryl methyl sites for hydroxylation is 2. The molecule has 1 aromatic heterocycles. The van der Waals surface area contributed by atoms with Crippen molar-refractivity contribution in [3.05, 3.63) is 47.2 Å². The predicted octanol–water partition coefficient (Wildman–Crippen LogP) is 2.73. The first-order chi connectivity index (χ1) is 14.6. The van der Waals surface area contributed by atoms with Gasteiger partial charge in [0.15, 0.2) is 0 Å². The molecule has 2 aromatic rings. The van der Waals surface area contributed by atoms with E-state index in [-0.39, 0.29) is 11.8 Å². The Labute approximate surface area is 178 Å². The van der Waals surface area contributed by atoms with Crippen LogP contribution in [0, 0.1) is 6.92 Å². The summed E-state index contributed by atoms with van der Waals surface area (Å²) in [6.45, 7) is 7.19. The van der Waals surface area contributed by atoms with Crippen molar-refractivity contribution in [2.24, 2.45) is 0 Å². The SMILES string of the molecule is Cc1cc2n(n1)CCC(=O)N2Cc1ccc(C(=O)NCCCN2CCCCC2)cc1. The van der Waals surface area contributed by atoms with Crippen LogP contribution in [0.5, 0.6) is 0 Å². The van der Waals surface area contributed by atoms with Crippen LogP contribution < -0.4 is 10.2 Å². The summed E-state index contributed by atoms with van der Waals surface area (Å²) < 4.78 is 1.89. The average molecular weight is 410 g/mol. The van der Waals surface area contributed by atoms with Gasteiger partial charge in [0.1, 0.15) is 5.82 Å². The lowest BCUT2D eigenvalue weighted by Crippen LogP contribution is -2.37. The van der Waals surface area contributed by atoms with E-state index in [4.69, 9.17) is 0 Å². The standard InChI is InChI=1S/C23H31N5O2/c1-18-16-21-27(22(29)10-15-28(21)25-18)17-19-6-8-20(9-7-19)23(30)24-11-5-14-26-12-3-2-4-13-26/h6-9,16H,2-5,10-15,17H2,1H3,(H,24,30). The van der Waals surface area contributed by atoms with Gasteiger partial charge in [0, 0.05) is 24.6 Å². The Morgan fingerprint density at radius 1 is 1.10 bits per heavy atom. The highest BCUT2D eigenvalue weighted by Crippen LogP contribution is 2.24. The molecular formula is C23H31N5O2. The third kappa shape index (κ3) is 4.90. The Kier molecular flexibility index (Phi) is 6.47. The first kappa shape index (κ1) is 20.6. The largest absolute Gasteiger partial charge is 0.352 e. The molecule has 30 heavy (non-hydrogen) atoms. The van der Waals surface area contributed by atoms with E-state index in [2.05, 4.69) is 15.3 Å². The number of likely N-dealkylation sites (tertiary alicyclic amines) is 1. The maximum atomic E-state index is 12.4. The first-order valence-corrected chi connectivity index (χ1v) is 11.0. The molecule has 1 saturated heterocycles. The third-order valence-electron chi connectivity index (χ3n) is 5.94. The van der Waals surface area contributed by atoms with Crippen LogP contribution in [0.4, 0.5) is 5.82 Å². The zero-order chi connectivity index (χ0) is 20.9. The van der Waals surface area contributed by atoms with Gasteiger partial charge in [-0.2, -0.15) is 5.10 Å². The van der Waals surface area contributed by atoms with E-state index in [0.717, 1.165) is 30.0 Å². The molecule has 0 atom stereocenters. The van der Waals surface area contributed by atoms with Crippen molar-refractivity contribution in [1.29, 1.82) is 0 Å². The number of benzene rings is 1. The smallest absolute Gasteiger partial charge is 0.251 e. The van der Waals surface area contributed by atoms with Gasteiger partial charge >= 0.3 is 0 Å². The number of piperidine rings is 1. The topological polar surface area (TPSA) is 70.5 Å². The zero-order valence-corrected chi connectivity index (χ0v) is 17.8. The molecule has 2 aliphatic heterocycles. The van der Waals surface area contributed by atoms with Gasteiger partial charge in [-0.15, -0.1) is 0 Å². The van der Waals surface area contributed by atoms with E-state index in [1.54, 1.807) is 4.90 Å². The fourth-order valence-corrected chi connectivity index (χ4v) is 4.28. The number of carbonyl (C=O) groups excluding carboxylic acids is 2. The fourth-order valence-electron chi connectivity index (χ4n) is 4.28. The molecule has 1 aromatic carbocycles. The molecule has 0 radical (unpaired) electrons. The van der Waals surface area contributed by atoms with Crippen molar-refractivity contribution >= 4 is 17.6 Å². The van der Waals surface area contributed by atoms with E-state index in [1.807, 2.05) is 41.9 Å². The number of hydrogen-bond acceptors (Lipinski definition) is 4. The van der Waals surface area contributed by atoms with E-state index < -0.39 is 0 Å². The van der Waals surface area contributed by atoms with Crippen LogP contribution in [0.25, 0.3) is 0 Å².